The first kappa shape index (κ1) is 19.8. The van der Waals surface area contributed by atoms with Gasteiger partial charge in [0.2, 0.25) is 5.91 Å². The van der Waals surface area contributed by atoms with Gasteiger partial charge in [0, 0.05) is 31.4 Å². The molecule has 2 rings (SSSR count). The number of likely N-dealkylation sites (N-methyl/N-ethyl adjacent to an activating group) is 1. The van der Waals surface area contributed by atoms with E-state index >= 15 is 0 Å². The summed E-state index contributed by atoms with van der Waals surface area (Å²) in [7, 11) is 3.53. The number of benzene rings is 1. The molecule has 0 saturated heterocycles. The monoisotopic (exact) mass is 359 g/mol. The predicted molar refractivity (Wildman–Crippen MR) is 102 cm³/mol. The van der Waals surface area contributed by atoms with Crippen LogP contribution in [0.15, 0.2) is 18.2 Å². The number of amides is 1. The van der Waals surface area contributed by atoms with Gasteiger partial charge in [-0.25, -0.2) is 0 Å². The zero-order valence-corrected chi connectivity index (χ0v) is 16.6. The second-order valence-electron chi connectivity index (χ2n) is 6.28. The van der Waals surface area contributed by atoms with Crippen LogP contribution in [0.5, 0.6) is 11.5 Å². The summed E-state index contributed by atoms with van der Waals surface area (Å²) >= 11 is 0. The van der Waals surface area contributed by atoms with E-state index < -0.39 is 0 Å². The summed E-state index contributed by atoms with van der Waals surface area (Å²) < 4.78 is 12.8. The molecule has 1 aromatic carbocycles. The van der Waals surface area contributed by atoms with Gasteiger partial charge in [-0.05, 0) is 45.4 Å². The maximum Gasteiger partial charge on any atom is 0.227 e. The quantitative estimate of drug-likeness (QED) is 0.727. The maximum absolute atomic E-state index is 12.8. The number of hydrogen-bond donors (Lipinski definition) is 0. The number of carbonyl (C=O) groups excluding carboxylic acids is 1. The van der Waals surface area contributed by atoms with Gasteiger partial charge in [-0.2, -0.15) is 5.10 Å². The molecule has 0 spiro atoms. The molecule has 0 radical (unpaired) electrons. The lowest BCUT2D eigenvalue weighted by molar-refractivity contribution is -0.130. The van der Waals surface area contributed by atoms with Crippen molar-refractivity contribution >= 4 is 5.91 Å². The molecule has 142 valence electrons. The van der Waals surface area contributed by atoms with Crippen LogP contribution in [0.4, 0.5) is 0 Å². The minimum Gasteiger partial charge on any atom is -0.493 e. The zero-order valence-electron chi connectivity index (χ0n) is 16.6. The predicted octanol–water partition coefficient (Wildman–Crippen LogP) is 3.04. The molecule has 1 amide bonds. The molecular weight excluding hydrogens is 330 g/mol. The minimum atomic E-state index is 0.0968. The van der Waals surface area contributed by atoms with Crippen molar-refractivity contribution in [3.63, 3.8) is 0 Å². The lowest BCUT2D eigenvalue weighted by atomic mass is 10.1. The van der Waals surface area contributed by atoms with Gasteiger partial charge < -0.3 is 14.4 Å². The Balaban J connectivity index is 2.14. The Morgan fingerprint density at radius 2 is 1.96 bits per heavy atom. The molecule has 0 atom stereocenters. The molecule has 0 aliphatic carbocycles. The third-order valence-corrected chi connectivity index (χ3v) is 4.62. The number of carbonyl (C=O) groups is 1. The first-order valence-electron chi connectivity index (χ1n) is 8.97. The molecule has 0 saturated carbocycles. The van der Waals surface area contributed by atoms with E-state index in [0.29, 0.717) is 31.9 Å². The maximum atomic E-state index is 12.8. The van der Waals surface area contributed by atoms with E-state index in [1.165, 1.54) is 0 Å². The van der Waals surface area contributed by atoms with Gasteiger partial charge >= 0.3 is 0 Å². The van der Waals surface area contributed by atoms with Gasteiger partial charge in [-0.15, -0.1) is 0 Å². The SMILES string of the molecule is CCOc1ccc(CN(CC)C(=O)Cc2c(C)nn(C)c2C)cc1OC. The number of methoxy groups -OCH3 is 1. The van der Waals surface area contributed by atoms with Gasteiger partial charge in [0.25, 0.3) is 0 Å². The third-order valence-electron chi connectivity index (χ3n) is 4.62. The van der Waals surface area contributed by atoms with Crippen molar-refractivity contribution in [2.24, 2.45) is 7.05 Å². The molecular formula is C20H29N3O3. The third kappa shape index (κ3) is 4.36. The molecule has 1 aromatic heterocycles. The van der Waals surface area contributed by atoms with Crippen molar-refractivity contribution in [3.05, 3.63) is 40.7 Å². The number of ether oxygens (including phenoxy) is 2. The van der Waals surface area contributed by atoms with E-state index in [2.05, 4.69) is 5.10 Å². The first-order valence-corrected chi connectivity index (χ1v) is 8.97. The summed E-state index contributed by atoms with van der Waals surface area (Å²) in [5.74, 6) is 1.50. The first-order chi connectivity index (χ1) is 12.4. The fourth-order valence-corrected chi connectivity index (χ4v) is 3.02. The van der Waals surface area contributed by atoms with Gasteiger partial charge in [0.05, 0.1) is 25.8 Å². The molecule has 26 heavy (non-hydrogen) atoms. The normalized spacial score (nSPS) is 10.7. The van der Waals surface area contributed by atoms with E-state index in [1.807, 2.05) is 62.5 Å². The Bertz CT molecular complexity index is 768. The van der Waals surface area contributed by atoms with E-state index in [9.17, 15) is 4.79 Å². The summed E-state index contributed by atoms with van der Waals surface area (Å²) in [6, 6.07) is 5.80. The summed E-state index contributed by atoms with van der Waals surface area (Å²) in [5.41, 5.74) is 3.98. The Kier molecular flexibility index (Phi) is 6.66. The molecule has 0 bridgehead atoms. The van der Waals surface area contributed by atoms with Gasteiger partial charge in [0.1, 0.15) is 0 Å². The molecule has 0 unspecified atom stereocenters. The van der Waals surface area contributed by atoms with Crippen LogP contribution in [0.3, 0.4) is 0 Å². The van der Waals surface area contributed by atoms with E-state index in [-0.39, 0.29) is 5.91 Å². The van der Waals surface area contributed by atoms with E-state index in [4.69, 9.17) is 9.47 Å². The standard InChI is InChI=1S/C20H29N3O3/c1-7-23(20(24)12-17-14(3)21-22(5)15(17)4)13-16-9-10-18(26-8-2)19(11-16)25-6/h9-11H,7-8,12-13H2,1-6H3. The van der Waals surface area contributed by atoms with Crippen molar-refractivity contribution in [1.82, 2.24) is 14.7 Å². The molecule has 2 aromatic rings. The molecule has 0 aliphatic rings. The number of nitrogens with zero attached hydrogens (tertiary/aromatic N) is 3. The number of aryl methyl sites for hydroxylation is 2. The number of hydrogen-bond acceptors (Lipinski definition) is 4. The Morgan fingerprint density at radius 1 is 1.23 bits per heavy atom. The Labute approximate surface area is 155 Å². The van der Waals surface area contributed by atoms with Crippen LogP contribution in [0.1, 0.15) is 36.4 Å². The van der Waals surface area contributed by atoms with Crippen LogP contribution in [0, 0.1) is 13.8 Å². The minimum absolute atomic E-state index is 0.0968. The topological polar surface area (TPSA) is 56.6 Å². The summed E-state index contributed by atoms with van der Waals surface area (Å²) in [4.78, 5) is 14.7. The average molecular weight is 359 g/mol. The number of rotatable bonds is 8. The highest BCUT2D eigenvalue weighted by atomic mass is 16.5. The van der Waals surface area contributed by atoms with Crippen LogP contribution in [0.25, 0.3) is 0 Å². The molecule has 0 fully saturated rings. The summed E-state index contributed by atoms with van der Waals surface area (Å²) in [5, 5.41) is 4.40. The summed E-state index contributed by atoms with van der Waals surface area (Å²) in [6.45, 7) is 9.64. The smallest absolute Gasteiger partial charge is 0.227 e. The van der Waals surface area contributed by atoms with E-state index in [1.54, 1.807) is 7.11 Å². The van der Waals surface area contributed by atoms with Crippen molar-refractivity contribution in [2.75, 3.05) is 20.3 Å². The lowest BCUT2D eigenvalue weighted by Gasteiger charge is -2.22. The fourth-order valence-electron chi connectivity index (χ4n) is 3.02. The molecule has 0 N–H and O–H groups in total. The highest BCUT2D eigenvalue weighted by Gasteiger charge is 2.18. The molecule has 6 nitrogen and oxygen atoms in total. The van der Waals surface area contributed by atoms with Crippen LogP contribution in [-0.4, -0.2) is 40.8 Å². The summed E-state index contributed by atoms with van der Waals surface area (Å²) in [6.07, 6.45) is 0.369. The second-order valence-corrected chi connectivity index (χ2v) is 6.28. The van der Waals surface area contributed by atoms with Crippen molar-refractivity contribution in [1.29, 1.82) is 0 Å². The van der Waals surface area contributed by atoms with Crippen LogP contribution < -0.4 is 9.47 Å². The second kappa shape index (κ2) is 8.74. The average Bonchev–Trinajstić information content (AvgIpc) is 2.86. The van der Waals surface area contributed by atoms with Crippen molar-refractivity contribution < 1.29 is 14.3 Å². The Morgan fingerprint density at radius 3 is 2.50 bits per heavy atom. The lowest BCUT2D eigenvalue weighted by Crippen LogP contribution is -2.31. The molecule has 1 heterocycles. The van der Waals surface area contributed by atoms with Crippen molar-refractivity contribution in [3.8, 4) is 11.5 Å². The van der Waals surface area contributed by atoms with Crippen molar-refractivity contribution in [2.45, 2.75) is 40.7 Å². The zero-order chi connectivity index (χ0) is 19.3. The van der Waals surface area contributed by atoms with Gasteiger partial charge in [-0.1, -0.05) is 6.07 Å². The van der Waals surface area contributed by atoms with Crippen LogP contribution in [0.2, 0.25) is 0 Å². The van der Waals surface area contributed by atoms with Gasteiger partial charge in [-0.3, -0.25) is 9.48 Å². The number of aromatic nitrogens is 2. The molecule has 6 heteroatoms. The van der Waals surface area contributed by atoms with Gasteiger partial charge in [0.15, 0.2) is 11.5 Å². The van der Waals surface area contributed by atoms with Crippen LogP contribution in [-0.2, 0) is 24.8 Å². The highest BCUT2D eigenvalue weighted by molar-refractivity contribution is 5.79. The van der Waals surface area contributed by atoms with E-state index in [0.717, 1.165) is 28.3 Å². The highest BCUT2D eigenvalue weighted by Crippen LogP contribution is 2.28. The Hall–Kier alpha value is -2.50. The largest absolute Gasteiger partial charge is 0.493 e. The van der Waals surface area contributed by atoms with Crippen LogP contribution >= 0.6 is 0 Å². The molecule has 0 aliphatic heterocycles. The fraction of sp³-hybridized carbons (Fsp3) is 0.500.